The summed E-state index contributed by atoms with van der Waals surface area (Å²) >= 11 is 0. The van der Waals surface area contributed by atoms with Gasteiger partial charge in [-0.25, -0.2) is 4.39 Å². The largest absolute Gasteiger partial charge is 0.349 e. The molecule has 2 heterocycles. The van der Waals surface area contributed by atoms with Gasteiger partial charge in [0.15, 0.2) is 0 Å². The number of benzene rings is 1. The van der Waals surface area contributed by atoms with Crippen molar-refractivity contribution in [1.82, 2.24) is 15.1 Å². The first-order valence-electron chi connectivity index (χ1n) is 10.6. The Labute approximate surface area is 174 Å². The molecule has 30 heavy (non-hydrogen) atoms. The van der Waals surface area contributed by atoms with Crippen molar-refractivity contribution < 1.29 is 23.6 Å². The minimum absolute atomic E-state index is 0.0791. The number of carbonyl (C=O) groups is 4. The quantitative estimate of drug-likeness (QED) is 0.759. The topological polar surface area (TPSA) is 86.8 Å². The van der Waals surface area contributed by atoms with Gasteiger partial charge < -0.3 is 10.2 Å². The van der Waals surface area contributed by atoms with Crippen LogP contribution in [0.25, 0.3) is 0 Å². The van der Waals surface area contributed by atoms with E-state index >= 15 is 0 Å². The highest BCUT2D eigenvalue weighted by atomic mass is 19.1. The van der Waals surface area contributed by atoms with Crippen molar-refractivity contribution in [2.24, 2.45) is 11.8 Å². The molecule has 0 spiro atoms. The van der Waals surface area contributed by atoms with Crippen LogP contribution in [0.3, 0.4) is 0 Å². The Kier molecular flexibility index (Phi) is 5.83. The number of piperidine rings is 1. The number of fused-ring (bicyclic) bond motifs is 1. The minimum Gasteiger partial charge on any atom is -0.349 e. The fourth-order valence-corrected chi connectivity index (χ4v) is 4.77. The Morgan fingerprint density at radius 3 is 2.07 bits per heavy atom. The molecule has 1 N–H and O–H groups in total. The molecule has 2 aliphatic heterocycles. The highest BCUT2D eigenvalue weighted by Crippen LogP contribution is 2.37. The Morgan fingerprint density at radius 2 is 1.50 bits per heavy atom. The van der Waals surface area contributed by atoms with Gasteiger partial charge in [-0.2, -0.15) is 0 Å². The van der Waals surface area contributed by atoms with E-state index in [-0.39, 0.29) is 48.1 Å². The van der Waals surface area contributed by atoms with E-state index in [1.807, 2.05) is 0 Å². The number of nitrogens with one attached hydrogen (secondary N) is 1. The molecular formula is C22H26FN3O4. The lowest BCUT2D eigenvalue weighted by Gasteiger charge is -2.33. The van der Waals surface area contributed by atoms with Crippen molar-refractivity contribution in [2.45, 2.75) is 44.6 Å². The first-order valence-corrected chi connectivity index (χ1v) is 10.6. The summed E-state index contributed by atoms with van der Waals surface area (Å²) in [5.74, 6) is -1.76. The maximum Gasteiger partial charge on any atom is 0.251 e. The van der Waals surface area contributed by atoms with E-state index in [1.54, 1.807) is 4.90 Å². The summed E-state index contributed by atoms with van der Waals surface area (Å²) in [6, 6.07) is 5.28. The molecule has 0 unspecified atom stereocenters. The molecule has 3 fully saturated rings. The Hall–Kier alpha value is -2.77. The number of halogens is 1. The second kappa shape index (κ2) is 8.53. The summed E-state index contributed by atoms with van der Waals surface area (Å²) in [6.07, 6.45) is 4.56. The molecule has 160 valence electrons. The SMILES string of the molecule is O=C(NC1CCN(C(=O)CN2C(=O)[C@H]3CCCC[C@@H]3C2=O)CC1)c1ccc(F)cc1. The molecule has 1 saturated carbocycles. The van der Waals surface area contributed by atoms with E-state index in [4.69, 9.17) is 0 Å². The molecule has 4 amide bonds. The number of nitrogens with zero attached hydrogens (tertiary/aromatic N) is 2. The van der Waals surface area contributed by atoms with Gasteiger partial charge in [0, 0.05) is 24.7 Å². The van der Waals surface area contributed by atoms with Crippen LogP contribution in [0, 0.1) is 17.7 Å². The normalized spacial score (nSPS) is 24.7. The lowest BCUT2D eigenvalue weighted by Crippen LogP contribution is -2.49. The van der Waals surface area contributed by atoms with E-state index < -0.39 is 5.82 Å². The Bertz CT molecular complexity index is 824. The van der Waals surface area contributed by atoms with E-state index in [1.165, 1.54) is 24.3 Å². The van der Waals surface area contributed by atoms with Gasteiger partial charge in [0.2, 0.25) is 17.7 Å². The Morgan fingerprint density at radius 1 is 0.933 bits per heavy atom. The lowest BCUT2D eigenvalue weighted by molar-refractivity contribution is -0.147. The zero-order valence-electron chi connectivity index (χ0n) is 16.8. The Balaban J connectivity index is 1.27. The third kappa shape index (κ3) is 4.08. The van der Waals surface area contributed by atoms with Gasteiger partial charge >= 0.3 is 0 Å². The molecule has 1 aromatic carbocycles. The van der Waals surface area contributed by atoms with Gasteiger partial charge in [-0.1, -0.05) is 12.8 Å². The number of rotatable bonds is 4. The molecule has 2 atom stereocenters. The smallest absolute Gasteiger partial charge is 0.251 e. The van der Waals surface area contributed by atoms with Gasteiger partial charge in [-0.3, -0.25) is 24.1 Å². The maximum atomic E-state index is 13.0. The number of hydrogen-bond donors (Lipinski definition) is 1. The molecular weight excluding hydrogens is 389 g/mol. The van der Waals surface area contributed by atoms with Crippen LogP contribution in [-0.2, 0) is 14.4 Å². The first kappa shape index (κ1) is 20.5. The summed E-state index contributed by atoms with van der Waals surface area (Å²) < 4.78 is 13.0. The molecule has 0 radical (unpaired) electrons. The average Bonchev–Trinajstić information content (AvgIpc) is 3.00. The third-order valence-corrected chi connectivity index (χ3v) is 6.52. The molecule has 0 aromatic heterocycles. The highest BCUT2D eigenvalue weighted by Gasteiger charge is 2.48. The monoisotopic (exact) mass is 415 g/mol. The van der Waals surface area contributed by atoms with Gasteiger partial charge in [0.05, 0.1) is 11.8 Å². The summed E-state index contributed by atoms with van der Waals surface area (Å²) in [5, 5.41) is 2.92. The summed E-state index contributed by atoms with van der Waals surface area (Å²) in [5.41, 5.74) is 0.391. The van der Waals surface area contributed by atoms with Crippen LogP contribution in [0.4, 0.5) is 4.39 Å². The van der Waals surface area contributed by atoms with Crippen LogP contribution in [0.2, 0.25) is 0 Å². The van der Waals surface area contributed by atoms with E-state index in [2.05, 4.69) is 5.32 Å². The molecule has 7 nitrogen and oxygen atoms in total. The lowest BCUT2D eigenvalue weighted by atomic mass is 9.81. The molecule has 0 bridgehead atoms. The van der Waals surface area contributed by atoms with Gasteiger partial charge in [-0.15, -0.1) is 0 Å². The fourth-order valence-electron chi connectivity index (χ4n) is 4.77. The van der Waals surface area contributed by atoms with Crippen LogP contribution in [-0.4, -0.2) is 59.1 Å². The number of carbonyl (C=O) groups excluding carboxylic acids is 4. The van der Waals surface area contributed by atoms with Crippen LogP contribution in [0.15, 0.2) is 24.3 Å². The second-order valence-electron chi connectivity index (χ2n) is 8.40. The molecule has 1 aromatic rings. The van der Waals surface area contributed by atoms with Crippen molar-refractivity contribution in [3.05, 3.63) is 35.6 Å². The van der Waals surface area contributed by atoms with Crippen LogP contribution in [0.5, 0.6) is 0 Å². The van der Waals surface area contributed by atoms with Gasteiger partial charge in [0.25, 0.3) is 5.91 Å². The van der Waals surface area contributed by atoms with Gasteiger partial charge in [-0.05, 0) is 49.9 Å². The predicted molar refractivity (Wildman–Crippen MR) is 106 cm³/mol. The first-order chi connectivity index (χ1) is 14.4. The predicted octanol–water partition coefficient (Wildman–Crippen LogP) is 1.72. The van der Waals surface area contributed by atoms with Crippen LogP contribution >= 0.6 is 0 Å². The van der Waals surface area contributed by atoms with Crippen molar-refractivity contribution in [1.29, 1.82) is 0 Å². The van der Waals surface area contributed by atoms with E-state index in [0.717, 1.165) is 30.6 Å². The fraction of sp³-hybridized carbons (Fsp3) is 0.545. The van der Waals surface area contributed by atoms with Crippen molar-refractivity contribution in [3.63, 3.8) is 0 Å². The number of imide groups is 1. The zero-order valence-corrected chi connectivity index (χ0v) is 16.8. The highest BCUT2D eigenvalue weighted by molar-refractivity contribution is 6.07. The van der Waals surface area contributed by atoms with Crippen molar-refractivity contribution >= 4 is 23.6 Å². The molecule has 8 heteroatoms. The van der Waals surface area contributed by atoms with Crippen molar-refractivity contribution in [3.8, 4) is 0 Å². The zero-order chi connectivity index (χ0) is 21.3. The third-order valence-electron chi connectivity index (χ3n) is 6.52. The second-order valence-corrected chi connectivity index (χ2v) is 8.40. The maximum absolute atomic E-state index is 13.0. The summed E-state index contributed by atoms with van der Waals surface area (Å²) in [7, 11) is 0. The van der Waals surface area contributed by atoms with E-state index in [9.17, 15) is 23.6 Å². The molecule has 4 rings (SSSR count). The number of likely N-dealkylation sites (tertiary alicyclic amines) is 2. The molecule has 2 saturated heterocycles. The standard InChI is InChI=1S/C22H26FN3O4/c23-15-7-5-14(6-8-15)20(28)24-16-9-11-25(12-10-16)19(27)13-26-21(29)17-3-1-2-4-18(17)22(26)30/h5-8,16-18H,1-4,9-13H2,(H,24,28)/t17-,18-/m0/s1. The van der Waals surface area contributed by atoms with Crippen molar-refractivity contribution in [2.75, 3.05) is 19.6 Å². The molecule has 1 aliphatic carbocycles. The number of hydrogen-bond acceptors (Lipinski definition) is 4. The molecule has 3 aliphatic rings. The van der Waals surface area contributed by atoms with E-state index in [0.29, 0.717) is 31.5 Å². The number of amides is 4. The van der Waals surface area contributed by atoms with Gasteiger partial charge in [0.1, 0.15) is 12.4 Å². The van der Waals surface area contributed by atoms with Crippen LogP contribution < -0.4 is 5.32 Å². The summed E-state index contributed by atoms with van der Waals surface area (Å²) in [4.78, 5) is 52.9. The average molecular weight is 415 g/mol. The summed E-state index contributed by atoms with van der Waals surface area (Å²) in [6.45, 7) is 0.726. The van der Waals surface area contributed by atoms with Crippen LogP contribution in [0.1, 0.15) is 48.9 Å². The minimum atomic E-state index is -0.396.